The molecular formula is C22H20N4O2. The van der Waals surface area contributed by atoms with E-state index in [0.717, 1.165) is 52.8 Å². The summed E-state index contributed by atoms with van der Waals surface area (Å²) in [5, 5.41) is 13.3. The topological polar surface area (TPSA) is 71.3 Å². The standard InChI is InChI=1S/C22H20N4O2/c27-22(15-5-4-12-26(14-15)21-8-3-11-23-25-21)24-16-9-10-18-17-6-1-2-7-19(17)28-20(18)13-16/h1-3,6-11,13,15H,4-5,12,14H2,(H,24,27). The zero-order valence-corrected chi connectivity index (χ0v) is 15.3. The van der Waals surface area contributed by atoms with Crippen LogP contribution in [0.25, 0.3) is 21.9 Å². The molecule has 6 nitrogen and oxygen atoms in total. The molecule has 1 atom stereocenters. The van der Waals surface area contributed by atoms with Crippen LogP contribution in [0.4, 0.5) is 11.5 Å². The fourth-order valence-corrected chi connectivity index (χ4v) is 3.91. The quantitative estimate of drug-likeness (QED) is 0.583. The fourth-order valence-electron chi connectivity index (χ4n) is 3.91. The molecule has 140 valence electrons. The van der Waals surface area contributed by atoms with E-state index in [-0.39, 0.29) is 11.8 Å². The lowest BCUT2D eigenvalue weighted by Crippen LogP contribution is -2.41. The third-order valence-electron chi connectivity index (χ3n) is 5.32. The second-order valence-electron chi connectivity index (χ2n) is 7.17. The molecule has 2 aromatic heterocycles. The van der Waals surface area contributed by atoms with Gasteiger partial charge in [0.2, 0.25) is 5.91 Å². The lowest BCUT2D eigenvalue weighted by Gasteiger charge is -2.32. The van der Waals surface area contributed by atoms with E-state index in [0.29, 0.717) is 6.54 Å². The van der Waals surface area contributed by atoms with E-state index >= 15 is 0 Å². The predicted molar refractivity (Wildman–Crippen MR) is 109 cm³/mol. The highest BCUT2D eigenvalue weighted by Gasteiger charge is 2.26. The van der Waals surface area contributed by atoms with Crippen molar-refractivity contribution in [3.8, 4) is 0 Å². The summed E-state index contributed by atoms with van der Waals surface area (Å²) >= 11 is 0. The van der Waals surface area contributed by atoms with Crippen LogP contribution in [0, 0.1) is 5.92 Å². The van der Waals surface area contributed by atoms with Gasteiger partial charge in [-0.2, -0.15) is 5.10 Å². The monoisotopic (exact) mass is 372 g/mol. The maximum atomic E-state index is 12.8. The molecule has 1 amide bonds. The highest BCUT2D eigenvalue weighted by Crippen LogP contribution is 2.30. The average molecular weight is 372 g/mol. The molecule has 2 aromatic carbocycles. The van der Waals surface area contributed by atoms with Gasteiger partial charge in [-0.05, 0) is 43.2 Å². The summed E-state index contributed by atoms with van der Waals surface area (Å²) in [6, 6.07) is 17.6. The maximum absolute atomic E-state index is 12.8. The van der Waals surface area contributed by atoms with E-state index in [4.69, 9.17) is 4.42 Å². The number of amides is 1. The first kappa shape index (κ1) is 16.7. The van der Waals surface area contributed by atoms with Gasteiger partial charge < -0.3 is 14.6 Å². The molecule has 0 bridgehead atoms. The van der Waals surface area contributed by atoms with Gasteiger partial charge in [-0.15, -0.1) is 5.10 Å². The summed E-state index contributed by atoms with van der Waals surface area (Å²) in [5.74, 6) is 0.773. The van der Waals surface area contributed by atoms with Crippen LogP contribution in [0.5, 0.6) is 0 Å². The number of aromatic nitrogens is 2. The molecule has 28 heavy (non-hydrogen) atoms. The molecule has 1 fully saturated rings. The molecule has 0 radical (unpaired) electrons. The summed E-state index contributed by atoms with van der Waals surface area (Å²) in [7, 11) is 0. The number of benzene rings is 2. The van der Waals surface area contributed by atoms with Gasteiger partial charge in [0.15, 0.2) is 5.82 Å². The van der Waals surface area contributed by atoms with E-state index in [1.54, 1.807) is 6.20 Å². The number of piperidine rings is 1. The van der Waals surface area contributed by atoms with Gasteiger partial charge in [0.25, 0.3) is 0 Å². The third kappa shape index (κ3) is 3.07. The molecule has 1 aliphatic heterocycles. The van der Waals surface area contributed by atoms with Crippen molar-refractivity contribution < 1.29 is 9.21 Å². The SMILES string of the molecule is O=C(Nc1ccc2c(c1)oc1ccccc12)C1CCCN(c2cccnn2)C1. The largest absolute Gasteiger partial charge is 0.456 e. The van der Waals surface area contributed by atoms with Crippen LogP contribution < -0.4 is 10.2 Å². The second kappa shape index (κ2) is 6.96. The number of furan rings is 1. The molecular weight excluding hydrogens is 352 g/mol. The fraction of sp³-hybridized carbons (Fsp3) is 0.227. The van der Waals surface area contributed by atoms with Crippen molar-refractivity contribution in [3.63, 3.8) is 0 Å². The summed E-state index contributed by atoms with van der Waals surface area (Å²) in [6.07, 6.45) is 3.48. The van der Waals surface area contributed by atoms with E-state index in [2.05, 4.69) is 20.4 Å². The van der Waals surface area contributed by atoms with E-state index < -0.39 is 0 Å². The van der Waals surface area contributed by atoms with Gasteiger partial charge in [0.05, 0.1) is 5.92 Å². The number of anilines is 2. The van der Waals surface area contributed by atoms with Crippen molar-refractivity contribution in [1.82, 2.24) is 10.2 Å². The Morgan fingerprint density at radius 3 is 2.86 bits per heavy atom. The molecule has 0 spiro atoms. The Morgan fingerprint density at radius 1 is 1.07 bits per heavy atom. The third-order valence-corrected chi connectivity index (χ3v) is 5.32. The van der Waals surface area contributed by atoms with Gasteiger partial charge in [0, 0.05) is 41.8 Å². The van der Waals surface area contributed by atoms with Crippen molar-refractivity contribution in [2.75, 3.05) is 23.3 Å². The smallest absolute Gasteiger partial charge is 0.229 e. The van der Waals surface area contributed by atoms with Crippen molar-refractivity contribution >= 4 is 39.4 Å². The number of nitrogens with one attached hydrogen (secondary N) is 1. The number of hydrogen-bond donors (Lipinski definition) is 1. The summed E-state index contributed by atoms with van der Waals surface area (Å²) < 4.78 is 5.92. The minimum atomic E-state index is -0.0814. The van der Waals surface area contributed by atoms with Crippen LogP contribution >= 0.6 is 0 Å². The summed E-state index contributed by atoms with van der Waals surface area (Å²) in [4.78, 5) is 15.0. The first-order chi connectivity index (χ1) is 13.8. The second-order valence-corrected chi connectivity index (χ2v) is 7.17. The molecule has 1 aliphatic rings. The molecule has 1 saturated heterocycles. The molecule has 3 heterocycles. The van der Waals surface area contributed by atoms with E-state index in [1.807, 2.05) is 54.6 Å². The van der Waals surface area contributed by atoms with E-state index in [1.165, 1.54) is 0 Å². The van der Waals surface area contributed by atoms with Crippen LogP contribution in [0.2, 0.25) is 0 Å². The minimum Gasteiger partial charge on any atom is -0.456 e. The summed E-state index contributed by atoms with van der Waals surface area (Å²) in [5.41, 5.74) is 2.39. The Balaban J connectivity index is 1.34. The Hall–Kier alpha value is -3.41. The first-order valence-electron chi connectivity index (χ1n) is 9.53. The lowest BCUT2D eigenvalue weighted by molar-refractivity contribution is -0.120. The van der Waals surface area contributed by atoms with Crippen molar-refractivity contribution in [2.45, 2.75) is 12.8 Å². The van der Waals surface area contributed by atoms with E-state index in [9.17, 15) is 4.79 Å². The van der Waals surface area contributed by atoms with Crippen LogP contribution in [-0.4, -0.2) is 29.2 Å². The Kier molecular flexibility index (Phi) is 4.16. The van der Waals surface area contributed by atoms with Crippen molar-refractivity contribution in [2.24, 2.45) is 5.92 Å². The number of nitrogens with zero attached hydrogens (tertiary/aromatic N) is 3. The van der Waals surface area contributed by atoms with Gasteiger partial charge >= 0.3 is 0 Å². The van der Waals surface area contributed by atoms with Crippen LogP contribution in [0.15, 0.2) is 65.2 Å². The predicted octanol–water partition coefficient (Wildman–Crippen LogP) is 4.23. The van der Waals surface area contributed by atoms with Gasteiger partial charge in [-0.1, -0.05) is 18.2 Å². The number of hydrogen-bond acceptors (Lipinski definition) is 5. The number of carbonyl (C=O) groups excluding carboxylic acids is 1. The van der Waals surface area contributed by atoms with Crippen molar-refractivity contribution in [3.05, 3.63) is 60.8 Å². The number of rotatable bonds is 3. The number of fused-ring (bicyclic) bond motifs is 3. The maximum Gasteiger partial charge on any atom is 0.229 e. The Labute approximate surface area is 162 Å². The van der Waals surface area contributed by atoms with Crippen molar-refractivity contribution in [1.29, 1.82) is 0 Å². The highest BCUT2D eigenvalue weighted by atomic mass is 16.3. The van der Waals surface area contributed by atoms with Gasteiger partial charge in [-0.25, -0.2) is 0 Å². The Morgan fingerprint density at radius 2 is 1.96 bits per heavy atom. The average Bonchev–Trinajstić information content (AvgIpc) is 3.12. The molecule has 4 aromatic rings. The normalized spacial score (nSPS) is 17.1. The number of carbonyl (C=O) groups is 1. The molecule has 0 aliphatic carbocycles. The lowest BCUT2D eigenvalue weighted by atomic mass is 9.97. The zero-order valence-electron chi connectivity index (χ0n) is 15.3. The van der Waals surface area contributed by atoms with Crippen LogP contribution in [0.3, 0.4) is 0 Å². The zero-order chi connectivity index (χ0) is 18.9. The van der Waals surface area contributed by atoms with Crippen LogP contribution in [-0.2, 0) is 4.79 Å². The molecule has 5 rings (SSSR count). The van der Waals surface area contributed by atoms with Gasteiger partial charge in [0.1, 0.15) is 11.2 Å². The molecule has 1 unspecified atom stereocenters. The van der Waals surface area contributed by atoms with Crippen LogP contribution in [0.1, 0.15) is 12.8 Å². The minimum absolute atomic E-state index is 0.0315. The highest BCUT2D eigenvalue weighted by molar-refractivity contribution is 6.06. The number of para-hydroxylation sites is 1. The summed E-state index contributed by atoms with van der Waals surface area (Å²) in [6.45, 7) is 1.55. The molecule has 6 heteroatoms. The first-order valence-corrected chi connectivity index (χ1v) is 9.53. The molecule has 0 saturated carbocycles. The van der Waals surface area contributed by atoms with Gasteiger partial charge in [-0.3, -0.25) is 4.79 Å². The molecule has 1 N–H and O–H groups in total. The Bertz CT molecular complexity index is 1140.